The van der Waals surface area contributed by atoms with Gasteiger partial charge in [-0.25, -0.2) is 0 Å². The highest BCUT2D eigenvalue weighted by atomic mass is 28.4. The van der Waals surface area contributed by atoms with Gasteiger partial charge in [-0.15, -0.1) is 5.73 Å². The van der Waals surface area contributed by atoms with E-state index in [-0.39, 0.29) is 11.1 Å². The Labute approximate surface area is 143 Å². The Hall–Kier alpha value is -1.08. The van der Waals surface area contributed by atoms with Crippen LogP contribution >= 0.6 is 0 Å². The average Bonchev–Trinajstić information content (AvgIpc) is 2.52. The van der Waals surface area contributed by atoms with Gasteiger partial charge in [0.1, 0.15) is 0 Å². The van der Waals surface area contributed by atoms with Crippen LogP contribution in [0.4, 0.5) is 0 Å². The molecule has 1 atom stereocenters. The zero-order valence-electron chi connectivity index (χ0n) is 15.5. The SMILES string of the molecule is CC(C)(C)[Si](C)(C)OC(C=C=C1CCCCC1)c1ccccc1. The predicted molar refractivity (Wildman–Crippen MR) is 102 cm³/mol. The lowest BCUT2D eigenvalue weighted by atomic mass is 9.95. The second kappa shape index (κ2) is 7.66. The Kier molecular flexibility index (Phi) is 6.08. The Morgan fingerprint density at radius 1 is 1.04 bits per heavy atom. The van der Waals surface area contributed by atoms with E-state index in [1.165, 1.54) is 43.2 Å². The molecular weight excluding hydrogens is 296 g/mol. The van der Waals surface area contributed by atoms with E-state index in [1.807, 2.05) is 0 Å². The molecule has 0 spiro atoms. The summed E-state index contributed by atoms with van der Waals surface area (Å²) in [6.45, 7) is 11.5. The maximum Gasteiger partial charge on any atom is 0.193 e. The smallest absolute Gasteiger partial charge is 0.193 e. The third-order valence-corrected chi connectivity index (χ3v) is 9.71. The van der Waals surface area contributed by atoms with Gasteiger partial charge in [-0.2, -0.15) is 0 Å². The van der Waals surface area contributed by atoms with Crippen molar-refractivity contribution in [3.63, 3.8) is 0 Å². The molecule has 0 N–H and O–H groups in total. The summed E-state index contributed by atoms with van der Waals surface area (Å²) >= 11 is 0. The molecule has 1 aliphatic rings. The van der Waals surface area contributed by atoms with E-state index >= 15 is 0 Å². The molecule has 1 aromatic rings. The molecule has 0 saturated heterocycles. The van der Waals surface area contributed by atoms with Gasteiger partial charge in [0, 0.05) is 0 Å². The molecular formula is C21H32OSi. The Balaban J connectivity index is 2.28. The van der Waals surface area contributed by atoms with Crippen LogP contribution in [0.25, 0.3) is 0 Å². The van der Waals surface area contributed by atoms with E-state index in [0.29, 0.717) is 0 Å². The summed E-state index contributed by atoms with van der Waals surface area (Å²) in [5, 5.41) is 0.214. The highest BCUT2D eigenvalue weighted by molar-refractivity contribution is 6.74. The topological polar surface area (TPSA) is 9.23 Å². The third kappa shape index (κ3) is 5.21. The van der Waals surface area contributed by atoms with Crippen LogP contribution in [0.2, 0.25) is 18.1 Å². The van der Waals surface area contributed by atoms with Crippen LogP contribution in [0, 0.1) is 0 Å². The normalized spacial score (nSPS) is 17.5. The molecule has 0 amide bonds. The Morgan fingerprint density at radius 2 is 1.65 bits per heavy atom. The predicted octanol–water partition coefficient (Wildman–Crippen LogP) is 6.80. The van der Waals surface area contributed by atoms with Gasteiger partial charge in [0.05, 0.1) is 6.10 Å². The van der Waals surface area contributed by atoms with Crippen LogP contribution in [-0.2, 0) is 4.43 Å². The second-order valence-electron chi connectivity index (χ2n) is 8.18. The fourth-order valence-electron chi connectivity index (χ4n) is 2.65. The molecule has 1 saturated carbocycles. The van der Waals surface area contributed by atoms with Gasteiger partial charge in [0.25, 0.3) is 0 Å². The van der Waals surface area contributed by atoms with Crippen molar-refractivity contribution >= 4 is 8.32 Å². The minimum absolute atomic E-state index is 0.0199. The molecule has 1 aliphatic carbocycles. The van der Waals surface area contributed by atoms with Crippen molar-refractivity contribution < 1.29 is 4.43 Å². The van der Waals surface area contributed by atoms with Crippen LogP contribution < -0.4 is 0 Å². The first-order valence-corrected chi connectivity index (χ1v) is 11.9. The highest BCUT2D eigenvalue weighted by Crippen LogP contribution is 2.40. The van der Waals surface area contributed by atoms with Gasteiger partial charge in [-0.3, -0.25) is 0 Å². The summed E-state index contributed by atoms with van der Waals surface area (Å²) in [7, 11) is -1.82. The van der Waals surface area contributed by atoms with Crippen molar-refractivity contribution in [3.05, 3.63) is 53.3 Å². The fraction of sp³-hybridized carbons (Fsp3) is 0.571. The van der Waals surface area contributed by atoms with Crippen molar-refractivity contribution in [1.29, 1.82) is 0 Å². The quantitative estimate of drug-likeness (QED) is 0.436. The minimum Gasteiger partial charge on any atom is -0.406 e. The molecule has 0 aliphatic heterocycles. The van der Waals surface area contributed by atoms with E-state index < -0.39 is 8.32 Å². The van der Waals surface area contributed by atoms with Crippen LogP contribution in [0.3, 0.4) is 0 Å². The van der Waals surface area contributed by atoms with Crippen LogP contribution in [0.15, 0.2) is 47.7 Å². The summed E-state index contributed by atoms with van der Waals surface area (Å²) in [6, 6.07) is 10.6. The fourth-order valence-corrected chi connectivity index (χ4v) is 3.84. The molecule has 2 heteroatoms. The molecule has 0 bridgehead atoms. The lowest BCUT2D eigenvalue weighted by Crippen LogP contribution is -2.41. The van der Waals surface area contributed by atoms with Crippen molar-refractivity contribution in [2.45, 2.75) is 77.1 Å². The number of rotatable bonds is 4. The summed E-state index contributed by atoms with van der Waals surface area (Å²) in [4.78, 5) is 0. The van der Waals surface area contributed by atoms with E-state index in [9.17, 15) is 0 Å². The lowest BCUT2D eigenvalue weighted by molar-refractivity contribution is 0.229. The van der Waals surface area contributed by atoms with E-state index in [4.69, 9.17) is 4.43 Å². The molecule has 0 radical (unpaired) electrons. The van der Waals surface area contributed by atoms with Gasteiger partial charge in [-0.1, -0.05) is 57.5 Å². The largest absolute Gasteiger partial charge is 0.406 e. The minimum atomic E-state index is -1.82. The van der Waals surface area contributed by atoms with E-state index in [0.717, 1.165) is 0 Å². The van der Waals surface area contributed by atoms with Gasteiger partial charge in [-0.05, 0) is 61.0 Å². The first-order chi connectivity index (χ1) is 10.8. The Morgan fingerprint density at radius 3 is 2.22 bits per heavy atom. The highest BCUT2D eigenvalue weighted by Gasteiger charge is 2.39. The number of benzene rings is 1. The first-order valence-electron chi connectivity index (χ1n) is 8.97. The molecule has 0 aromatic heterocycles. The van der Waals surface area contributed by atoms with Crippen molar-refractivity contribution in [3.8, 4) is 0 Å². The Bertz CT molecular complexity index is 551. The summed E-state index contributed by atoms with van der Waals surface area (Å²) < 4.78 is 6.69. The van der Waals surface area contributed by atoms with E-state index in [2.05, 4.69) is 76.0 Å². The van der Waals surface area contributed by atoms with Gasteiger partial charge in [0.2, 0.25) is 0 Å². The van der Waals surface area contributed by atoms with Crippen molar-refractivity contribution in [1.82, 2.24) is 0 Å². The average molecular weight is 329 g/mol. The molecule has 23 heavy (non-hydrogen) atoms. The summed E-state index contributed by atoms with van der Waals surface area (Å²) in [6.07, 6.45) is 8.61. The molecule has 126 valence electrons. The third-order valence-electron chi connectivity index (χ3n) is 5.25. The zero-order chi connectivity index (χ0) is 16.9. The van der Waals surface area contributed by atoms with Crippen LogP contribution in [-0.4, -0.2) is 8.32 Å². The maximum atomic E-state index is 6.69. The van der Waals surface area contributed by atoms with Crippen LogP contribution in [0.1, 0.15) is 64.5 Å². The molecule has 2 rings (SSSR count). The van der Waals surface area contributed by atoms with Crippen molar-refractivity contribution in [2.75, 3.05) is 0 Å². The number of hydrogen-bond acceptors (Lipinski definition) is 1. The molecule has 0 heterocycles. The lowest BCUT2D eigenvalue weighted by Gasteiger charge is -2.38. The molecule has 1 nitrogen and oxygen atoms in total. The molecule has 1 fully saturated rings. The van der Waals surface area contributed by atoms with Gasteiger partial charge in [0.15, 0.2) is 8.32 Å². The molecule has 1 unspecified atom stereocenters. The van der Waals surface area contributed by atoms with E-state index in [1.54, 1.807) is 0 Å². The standard InChI is InChI=1S/C21H32OSi/c1-21(2,3)23(4,5)22-20(19-14-10-7-11-15-19)17-16-18-12-8-6-9-13-18/h7,10-11,14-15,17,20H,6,8-9,12-13H2,1-5H3. The molecule has 1 aromatic carbocycles. The van der Waals surface area contributed by atoms with Crippen molar-refractivity contribution in [2.24, 2.45) is 0 Å². The maximum absolute atomic E-state index is 6.69. The van der Waals surface area contributed by atoms with Gasteiger partial charge >= 0.3 is 0 Å². The van der Waals surface area contributed by atoms with Gasteiger partial charge < -0.3 is 4.43 Å². The second-order valence-corrected chi connectivity index (χ2v) is 12.9. The summed E-state index contributed by atoms with van der Waals surface area (Å²) in [5.74, 6) is 0. The number of hydrogen-bond donors (Lipinski definition) is 0. The van der Waals surface area contributed by atoms with Crippen LogP contribution in [0.5, 0.6) is 0 Å². The summed E-state index contributed by atoms with van der Waals surface area (Å²) in [5.41, 5.74) is 6.29. The first kappa shape index (κ1) is 18.3. The monoisotopic (exact) mass is 328 g/mol. The zero-order valence-corrected chi connectivity index (χ0v) is 16.5.